The maximum atomic E-state index is 14.8. The zero-order chi connectivity index (χ0) is 34.3. The van der Waals surface area contributed by atoms with E-state index in [-0.39, 0.29) is 29.2 Å². The average Bonchev–Trinajstić information content (AvgIpc) is 3.79. The fraction of sp³-hybridized carbons (Fsp3) is 0.289. The van der Waals surface area contributed by atoms with Gasteiger partial charge in [-0.15, -0.1) is 0 Å². The minimum Gasteiger partial charge on any atom is -0.330 e. The number of nitrogens with one attached hydrogen (secondary N) is 2. The number of anilines is 2. The summed E-state index contributed by atoms with van der Waals surface area (Å²) in [4.78, 5) is 37.1. The van der Waals surface area contributed by atoms with Crippen molar-refractivity contribution < 1.29 is 18.4 Å². The lowest BCUT2D eigenvalue weighted by atomic mass is 9.93. The van der Waals surface area contributed by atoms with E-state index in [4.69, 9.17) is 10.2 Å². The van der Waals surface area contributed by atoms with Crippen LogP contribution in [0.15, 0.2) is 77.4 Å². The Kier molecular flexibility index (Phi) is 8.42. The standard InChI is InChI=1S/C38H35F2N7O2/c1-42-31(6-4-3-5-24-8-7-23(21-41)17-29(24)39)25-11-15-47(16-12-25)22-34-44-32-18-26(9-10-33(32)46(34)2)36(48)43-27-19-28-35(30(40)20-27)45-37(49)38(28)13-14-38/h3-4,6-10,17-20,25H,1,5,11-16,22H2,2H3,(H,43,48)(H,45,49)/b4-3-,31-6-. The van der Waals surface area contributed by atoms with Gasteiger partial charge in [-0.2, -0.15) is 5.26 Å². The van der Waals surface area contributed by atoms with Crippen LogP contribution < -0.4 is 10.6 Å². The first-order chi connectivity index (χ1) is 23.7. The number of piperidine rings is 1. The number of aliphatic imine (C=N–C) groups is 1. The molecule has 3 heterocycles. The quantitative estimate of drug-likeness (QED) is 0.156. The number of hydrogen-bond acceptors (Lipinski definition) is 6. The van der Waals surface area contributed by atoms with E-state index in [1.54, 1.807) is 30.3 Å². The largest absolute Gasteiger partial charge is 0.330 e. The van der Waals surface area contributed by atoms with Gasteiger partial charge in [-0.25, -0.2) is 13.8 Å². The van der Waals surface area contributed by atoms with Crippen molar-refractivity contribution in [2.24, 2.45) is 18.0 Å². The van der Waals surface area contributed by atoms with E-state index in [1.807, 2.05) is 42.0 Å². The lowest BCUT2D eigenvalue weighted by molar-refractivity contribution is -0.117. The fourth-order valence-electron chi connectivity index (χ4n) is 6.94. The van der Waals surface area contributed by atoms with Crippen LogP contribution in [0.1, 0.15) is 58.6 Å². The van der Waals surface area contributed by atoms with Crippen LogP contribution in [0.2, 0.25) is 0 Å². The molecule has 1 aromatic heterocycles. The zero-order valence-electron chi connectivity index (χ0n) is 27.1. The summed E-state index contributed by atoms with van der Waals surface area (Å²) in [7, 11) is 1.96. The van der Waals surface area contributed by atoms with Crippen molar-refractivity contribution in [3.8, 4) is 6.07 Å². The number of amides is 2. The third kappa shape index (κ3) is 6.16. The number of hydrogen-bond donors (Lipinski definition) is 2. The lowest BCUT2D eigenvalue weighted by Crippen LogP contribution is -2.34. The van der Waals surface area contributed by atoms with Crippen LogP contribution in [0, 0.1) is 28.9 Å². The molecule has 3 aromatic carbocycles. The topological polar surface area (TPSA) is 115 Å². The second-order valence-corrected chi connectivity index (χ2v) is 13.0. The number of nitriles is 1. The average molecular weight is 660 g/mol. The predicted octanol–water partition coefficient (Wildman–Crippen LogP) is 6.55. The van der Waals surface area contributed by atoms with Gasteiger partial charge in [0.1, 0.15) is 17.5 Å². The first-order valence-corrected chi connectivity index (χ1v) is 16.4. The molecule has 2 N–H and O–H groups in total. The normalized spacial score (nSPS) is 17.3. The molecule has 0 radical (unpaired) electrons. The highest BCUT2D eigenvalue weighted by Gasteiger charge is 2.57. The summed E-state index contributed by atoms with van der Waals surface area (Å²) in [5, 5.41) is 14.4. The Bertz CT molecular complexity index is 2110. The molecule has 9 nitrogen and oxygen atoms in total. The summed E-state index contributed by atoms with van der Waals surface area (Å²) in [6.07, 6.45) is 9.28. The van der Waals surface area contributed by atoms with Gasteiger partial charge in [-0.1, -0.05) is 18.2 Å². The number of allylic oxidation sites excluding steroid dienone is 4. The van der Waals surface area contributed by atoms with Crippen molar-refractivity contribution in [3.05, 3.63) is 112 Å². The van der Waals surface area contributed by atoms with E-state index in [1.165, 1.54) is 12.1 Å². The van der Waals surface area contributed by atoms with Gasteiger partial charge in [0.25, 0.3) is 5.91 Å². The van der Waals surface area contributed by atoms with Crippen molar-refractivity contribution in [3.63, 3.8) is 0 Å². The van der Waals surface area contributed by atoms with Crippen molar-refractivity contribution in [1.82, 2.24) is 14.5 Å². The minimum atomic E-state index is -0.661. The number of imidazole rings is 1. The molecular formula is C38H35F2N7O2. The molecule has 4 aromatic rings. The first-order valence-electron chi connectivity index (χ1n) is 16.4. The highest BCUT2D eigenvalue weighted by molar-refractivity contribution is 6.10. The Labute approximate surface area is 282 Å². The van der Waals surface area contributed by atoms with Crippen LogP contribution >= 0.6 is 0 Å². The third-order valence-electron chi connectivity index (χ3n) is 10.00. The number of rotatable bonds is 9. The van der Waals surface area contributed by atoms with Gasteiger partial charge >= 0.3 is 0 Å². The number of benzene rings is 3. The van der Waals surface area contributed by atoms with Crippen LogP contribution in [-0.4, -0.2) is 46.1 Å². The molecule has 248 valence electrons. The molecule has 0 unspecified atom stereocenters. The third-order valence-corrected chi connectivity index (χ3v) is 10.00. The second-order valence-electron chi connectivity index (χ2n) is 13.0. The molecule has 11 heteroatoms. The van der Waals surface area contributed by atoms with Gasteiger partial charge in [0.15, 0.2) is 0 Å². The van der Waals surface area contributed by atoms with E-state index in [0.29, 0.717) is 59.3 Å². The van der Waals surface area contributed by atoms with Crippen molar-refractivity contribution in [1.29, 1.82) is 5.26 Å². The van der Waals surface area contributed by atoms with Crippen LogP contribution in [0.3, 0.4) is 0 Å². The zero-order valence-corrected chi connectivity index (χ0v) is 27.1. The van der Waals surface area contributed by atoms with Crippen molar-refractivity contribution in [2.45, 2.75) is 44.1 Å². The highest BCUT2D eigenvalue weighted by Crippen LogP contribution is 2.56. The maximum Gasteiger partial charge on any atom is 0.255 e. The molecule has 2 fully saturated rings. The van der Waals surface area contributed by atoms with E-state index in [9.17, 15) is 18.4 Å². The number of halogens is 2. The van der Waals surface area contributed by atoms with Crippen molar-refractivity contribution >= 4 is 40.9 Å². The molecule has 0 bridgehead atoms. The van der Waals surface area contributed by atoms with Gasteiger partial charge in [0.2, 0.25) is 5.91 Å². The Morgan fingerprint density at radius 2 is 1.96 bits per heavy atom. The van der Waals surface area contributed by atoms with Gasteiger partial charge < -0.3 is 15.2 Å². The molecule has 1 saturated heterocycles. The molecule has 7 rings (SSSR count). The number of likely N-dealkylation sites (tertiary alicyclic amines) is 1. The number of fused-ring (bicyclic) bond motifs is 3. The molecular weight excluding hydrogens is 624 g/mol. The maximum absolute atomic E-state index is 14.8. The molecule has 1 aliphatic carbocycles. The van der Waals surface area contributed by atoms with Gasteiger partial charge in [0, 0.05) is 29.9 Å². The number of carbonyl (C=O) groups is 2. The monoisotopic (exact) mass is 659 g/mol. The number of nitrogens with zero attached hydrogens (tertiary/aromatic N) is 5. The number of aromatic nitrogens is 2. The van der Waals surface area contributed by atoms with Crippen molar-refractivity contribution in [2.75, 3.05) is 23.7 Å². The van der Waals surface area contributed by atoms with Gasteiger partial charge in [0.05, 0.1) is 40.3 Å². The minimum absolute atomic E-state index is 0.179. The van der Waals surface area contributed by atoms with E-state index < -0.39 is 11.2 Å². The molecule has 0 atom stereocenters. The Balaban J connectivity index is 0.963. The SMILES string of the molecule is C=N/C(=C\C=C/Cc1ccc(C#N)cc1F)C1CCN(Cc2nc3cc(C(=O)Nc4cc(F)c5c(c4)C4(CC4)C(=O)N5)ccc3n2C)CC1. The van der Waals surface area contributed by atoms with Crippen LogP contribution in [-0.2, 0) is 30.2 Å². The Morgan fingerprint density at radius 1 is 1.16 bits per heavy atom. The van der Waals surface area contributed by atoms with Gasteiger partial charge in [-0.3, -0.25) is 19.5 Å². The van der Waals surface area contributed by atoms with E-state index in [0.717, 1.165) is 43.0 Å². The molecule has 49 heavy (non-hydrogen) atoms. The molecule has 1 spiro atoms. The summed E-state index contributed by atoms with van der Waals surface area (Å²) in [6.45, 7) is 6.13. The van der Waals surface area contributed by atoms with Crippen LogP contribution in [0.4, 0.5) is 20.2 Å². The summed E-state index contributed by atoms with van der Waals surface area (Å²) >= 11 is 0. The highest BCUT2D eigenvalue weighted by atomic mass is 19.1. The second kappa shape index (κ2) is 12.9. The predicted molar refractivity (Wildman–Crippen MR) is 184 cm³/mol. The Hall–Kier alpha value is -5.47. The van der Waals surface area contributed by atoms with E-state index in [2.05, 4.69) is 27.2 Å². The molecule has 3 aliphatic rings. The summed E-state index contributed by atoms with van der Waals surface area (Å²) in [5.74, 6) is -0.360. The summed E-state index contributed by atoms with van der Waals surface area (Å²) in [6, 6.07) is 14.7. The van der Waals surface area contributed by atoms with Gasteiger partial charge in [-0.05, 0) is 112 Å². The summed E-state index contributed by atoms with van der Waals surface area (Å²) in [5.41, 5.74) is 4.22. The molecule has 2 amide bonds. The molecule has 1 saturated carbocycles. The van der Waals surface area contributed by atoms with Crippen LogP contribution in [0.25, 0.3) is 11.0 Å². The summed E-state index contributed by atoms with van der Waals surface area (Å²) < 4.78 is 31.0. The number of aryl methyl sites for hydroxylation is 1. The van der Waals surface area contributed by atoms with Crippen LogP contribution in [0.5, 0.6) is 0 Å². The lowest BCUT2D eigenvalue weighted by Gasteiger charge is -2.31. The molecule has 2 aliphatic heterocycles. The van der Waals surface area contributed by atoms with E-state index >= 15 is 0 Å². The Morgan fingerprint density at radius 3 is 2.67 bits per heavy atom. The number of carbonyl (C=O) groups excluding carboxylic acids is 2. The smallest absolute Gasteiger partial charge is 0.255 e. The first kappa shape index (κ1) is 32.1. The fourth-order valence-corrected chi connectivity index (χ4v) is 6.94.